The number of benzene rings is 2. The third-order valence-corrected chi connectivity index (χ3v) is 7.36. The van der Waals surface area contributed by atoms with Crippen molar-refractivity contribution in [2.75, 3.05) is 39.2 Å². The molecule has 0 unspecified atom stereocenters. The van der Waals surface area contributed by atoms with Gasteiger partial charge in [0.05, 0.1) is 37.3 Å². The Balaban J connectivity index is 1.76. The van der Waals surface area contributed by atoms with Gasteiger partial charge in [0.2, 0.25) is 15.9 Å². The van der Waals surface area contributed by atoms with E-state index in [0.29, 0.717) is 48.9 Å². The molecule has 1 aliphatic rings. The number of hydrogen-bond donors (Lipinski definition) is 1. The smallest absolute Gasteiger partial charge is 0.243 e. The van der Waals surface area contributed by atoms with Gasteiger partial charge in [0.1, 0.15) is 17.2 Å². The molecule has 1 aliphatic heterocycles. The van der Waals surface area contributed by atoms with Crippen LogP contribution in [0.1, 0.15) is 25.3 Å². The molecule has 0 bridgehead atoms. The second kappa shape index (κ2) is 10.2. The van der Waals surface area contributed by atoms with E-state index in [1.54, 1.807) is 43.5 Å². The van der Waals surface area contributed by atoms with Gasteiger partial charge < -0.3 is 19.5 Å². The molecule has 32 heavy (non-hydrogen) atoms. The van der Waals surface area contributed by atoms with E-state index in [9.17, 15) is 13.2 Å². The molecule has 0 aliphatic carbocycles. The molecule has 1 atom stereocenters. The second-order valence-corrected chi connectivity index (χ2v) is 9.56. The molecule has 1 N–H and O–H groups in total. The number of aryl methyl sites for hydroxylation is 1. The predicted molar refractivity (Wildman–Crippen MR) is 122 cm³/mol. The van der Waals surface area contributed by atoms with Crippen molar-refractivity contribution in [3.05, 3.63) is 42.0 Å². The maximum Gasteiger partial charge on any atom is 0.243 e. The summed E-state index contributed by atoms with van der Waals surface area (Å²) in [4.78, 5) is 13.2. The largest absolute Gasteiger partial charge is 0.497 e. The summed E-state index contributed by atoms with van der Waals surface area (Å²) in [6.45, 7) is 4.70. The van der Waals surface area contributed by atoms with Crippen LogP contribution in [-0.4, -0.2) is 52.5 Å². The van der Waals surface area contributed by atoms with Crippen molar-refractivity contribution in [1.29, 1.82) is 0 Å². The highest BCUT2D eigenvalue weighted by Crippen LogP contribution is 2.31. The molecular formula is C23H30N2O6S. The van der Waals surface area contributed by atoms with Crippen LogP contribution in [0.25, 0.3) is 0 Å². The molecule has 0 spiro atoms. The number of methoxy groups -OCH3 is 2. The minimum absolute atomic E-state index is 0.118. The average molecular weight is 463 g/mol. The zero-order chi connectivity index (χ0) is 23.3. The SMILES string of the molecule is CCOc1ccc(S(=O)(=O)N2CCC[C@H](C(=O)Nc3cc(OC)ccc3OC)C2)cc1C. The van der Waals surface area contributed by atoms with E-state index in [1.807, 2.05) is 13.8 Å². The third kappa shape index (κ3) is 5.16. The lowest BCUT2D eigenvalue weighted by Crippen LogP contribution is -2.43. The van der Waals surface area contributed by atoms with E-state index < -0.39 is 15.9 Å². The maximum atomic E-state index is 13.2. The number of carbonyl (C=O) groups is 1. The minimum atomic E-state index is -3.73. The number of hydrogen-bond acceptors (Lipinski definition) is 6. The number of nitrogens with one attached hydrogen (secondary N) is 1. The fraction of sp³-hybridized carbons (Fsp3) is 0.435. The Hall–Kier alpha value is -2.78. The molecule has 1 fully saturated rings. The zero-order valence-electron chi connectivity index (χ0n) is 18.9. The average Bonchev–Trinajstić information content (AvgIpc) is 2.80. The van der Waals surface area contributed by atoms with E-state index >= 15 is 0 Å². The van der Waals surface area contributed by atoms with Crippen molar-refractivity contribution >= 4 is 21.6 Å². The van der Waals surface area contributed by atoms with E-state index in [0.717, 1.165) is 5.56 Å². The number of ether oxygens (including phenoxy) is 3. The number of anilines is 1. The number of sulfonamides is 1. The summed E-state index contributed by atoms with van der Waals surface area (Å²) in [7, 11) is -0.665. The lowest BCUT2D eigenvalue weighted by molar-refractivity contribution is -0.120. The quantitative estimate of drug-likeness (QED) is 0.646. The summed E-state index contributed by atoms with van der Waals surface area (Å²) >= 11 is 0. The van der Waals surface area contributed by atoms with Crippen LogP contribution < -0.4 is 19.5 Å². The van der Waals surface area contributed by atoms with Gasteiger partial charge >= 0.3 is 0 Å². The highest BCUT2D eigenvalue weighted by atomic mass is 32.2. The number of rotatable bonds is 8. The van der Waals surface area contributed by atoms with Gasteiger partial charge in [0, 0.05) is 19.2 Å². The van der Waals surface area contributed by atoms with Crippen LogP contribution in [-0.2, 0) is 14.8 Å². The van der Waals surface area contributed by atoms with Crippen molar-refractivity contribution in [2.24, 2.45) is 5.92 Å². The lowest BCUT2D eigenvalue weighted by Gasteiger charge is -2.31. The Bertz CT molecular complexity index is 1070. The summed E-state index contributed by atoms with van der Waals surface area (Å²) in [5.74, 6) is 1.02. The van der Waals surface area contributed by atoms with Crippen molar-refractivity contribution in [3.63, 3.8) is 0 Å². The molecule has 9 heteroatoms. The van der Waals surface area contributed by atoms with E-state index in [2.05, 4.69) is 5.32 Å². The Morgan fingerprint density at radius 2 is 1.88 bits per heavy atom. The number of piperidine rings is 1. The molecule has 8 nitrogen and oxygen atoms in total. The first-order valence-corrected chi connectivity index (χ1v) is 12.0. The van der Waals surface area contributed by atoms with Crippen LogP contribution in [0.4, 0.5) is 5.69 Å². The second-order valence-electron chi connectivity index (χ2n) is 7.62. The van der Waals surface area contributed by atoms with Gasteiger partial charge in [0.15, 0.2) is 0 Å². The summed E-state index contributed by atoms with van der Waals surface area (Å²) in [6.07, 6.45) is 1.20. The van der Waals surface area contributed by atoms with Crippen LogP contribution in [0.3, 0.4) is 0 Å². The van der Waals surface area contributed by atoms with E-state index in [1.165, 1.54) is 11.4 Å². The van der Waals surface area contributed by atoms with Crippen molar-refractivity contribution < 1.29 is 27.4 Å². The van der Waals surface area contributed by atoms with Crippen molar-refractivity contribution in [3.8, 4) is 17.2 Å². The first kappa shape index (κ1) is 23.9. The fourth-order valence-corrected chi connectivity index (χ4v) is 5.38. The topological polar surface area (TPSA) is 94.2 Å². The van der Waals surface area contributed by atoms with Crippen molar-refractivity contribution in [1.82, 2.24) is 4.31 Å². The minimum Gasteiger partial charge on any atom is -0.497 e. The molecule has 1 heterocycles. The third-order valence-electron chi connectivity index (χ3n) is 5.50. The van der Waals surface area contributed by atoms with Crippen LogP contribution in [0.2, 0.25) is 0 Å². The standard InChI is InChI=1S/C23H30N2O6S/c1-5-31-21-11-9-19(13-16(21)2)32(27,28)25-12-6-7-17(15-25)23(26)24-20-14-18(29-3)8-10-22(20)30-4/h8-11,13-14,17H,5-7,12,15H2,1-4H3,(H,24,26)/t17-/m0/s1. The van der Waals surface area contributed by atoms with E-state index in [-0.39, 0.29) is 17.3 Å². The molecule has 1 saturated heterocycles. The maximum absolute atomic E-state index is 13.2. The molecule has 0 radical (unpaired) electrons. The van der Waals surface area contributed by atoms with Gasteiger partial charge in [-0.2, -0.15) is 4.31 Å². The molecular weight excluding hydrogens is 432 g/mol. The lowest BCUT2D eigenvalue weighted by atomic mass is 9.98. The molecule has 3 rings (SSSR count). The zero-order valence-corrected chi connectivity index (χ0v) is 19.7. The predicted octanol–water partition coefficient (Wildman–Crippen LogP) is 3.45. The van der Waals surface area contributed by atoms with Crippen LogP contribution in [0, 0.1) is 12.8 Å². The highest BCUT2D eigenvalue weighted by Gasteiger charge is 2.34. The Morgan fingerprint density at radius 1 is 1.12 bits per heavy atom. The fourth-order valence-electron chi connectivity index (χ4n) is 3.77. The van der Waals surface area contributed by atoms with Gasteiger partial charge in [0.25, 0.3) is 0 Å². The first-order valence-electron chi connectivity index (χ1n) is 10.6. The summed E-state index contributed by atoms with van der Waals surface area (Å²) in [5.41, 5.74) is 1.24. The van der Waals surface area contributed by atoms with Gasteiger partial charge in [-0.05, 0) is 62.6 Å². The number of amides is 1. The molecule has 174 valence electrons. The highest BCUT2D eigenvalue weighted by molar-refractivity contribution is 7.89. The van der Waals surface area contributed by atoms with Gasteiger partial charge in [-0.25, -0.2) is 8.42 Å². The molecule has 0 aromatic heterocycles. The molecule has 1 amide bonds. The first-order chi connectivity index (χ1) is 15.3. The molecule has 2 aromatic rings. The van der Waals surface area contributed by atoms with Gasteiger partial charge in [-0.3, -0.25) is 4.79 Å². The van der Waals surface area contributed by atoms with Crippen LogP contribution in [0.15, 0.2) is 41.3 Å². The van der Waals surface area contributed by atoms with Crippen LogP contribution in [0.5, 0.6) is 17.2 Å². The van der Waals surface area contributed by atoms with Gasteiger partial charge in [-0.15, -0.1) is 0 Å². The van der Waals surface area contributed by atoms with Gasteiger partial charge in [-0.1, -0.05) is 0 Å². The summed E-state index contributed by atoms with van der Waals surface area (Å²) in [6, 6.07) is 9.97. The monoisotopic (exact) mass is 462 g/mol. The summed E-state index contributed by atoms with van der Waals surface area (Å²) < 4.78 is 43.9. The van der Waals surface area contributed by atoms with Crippen LogP contribution >= 0.6 is 0 Å². The Labute approximate surface area is 189 Å². The number of nitrogens with zero attached hydrogens (tertiary/aromatic N) is 1. The molecule has 2 aromatic carbocycles. The Kier molecular flexibility index (Phi) is 7.63. The normalized spacial score (nSPS) is 16.9. The number of carbonyl (C=O) groups excluding carboxylic acids is 1. The Morgan fingerprint density at radius 3 is 2.53 bits per heavy atom. The summed E-state index contributed by atoms with van der Waals surface area (Å²) in [5, 5.41) is 2.87. The molecule has 0 saturated carbocycles. The van der Waals surface area contributed by atoms with Crippen molar-refractivity contribution in [2.45, 2.75) is 31.6 Å². The van der Waals surface area contributed by atoms with E-state index in [4.69, 9.17) is 14.2 Å².